The van der Waals surface area contributed by atoms with Crippen LogP contribution in [0.3, 0.4) is 0 Å². The van der Waals surface area contributed by atoms with Crippen molar-refractivity contribution in [2.45, 2.75) is 39.3 Å². The van der Waals surface area contributed by atoms with Crippen LogP contribution in [0.4, 0.5) is 10.5 Å². The molecule has 5 nitrogen and oxygen atoms in total. The Bertz CT molecular complexity index is 997. The second-order valence-corrected chi connectivity index (χ2v) is 7.57. The molecule has 0 saturated carbocycles. The van der Waals surface area contributed by atoms with Gasteiger partial charge in [-0.05, 0) is 56.5 Å². The third-order valence-electron chi connectivity index (χ3n) is 5.24. The van der Waals surface area contributed by atoms with Crippen molar-refractivity contribution in [2.75, 3.05) is 11.9 Å². The number of aryl methyl sites for hydroxylation is 2. The number of carbonyl (C=O) groups excluding carboxylic acids is 1. The maximum Gasteiger partial charge on any atom is 0.322 e. The highest BCUT2D eigenvalue weighted by Crippen LogP contribution is 2.26. The highest BCUT2D eigenvalue weighted by molar-refractivity contribution is 6.33. The Balaban J connectivity index is 1.53. The summed E-state index contributed by atoms with van der Waals surface area (Å²) in [6.45, 7) is 5.50. The summed E-state index contributed by atoms with van der Waals surface area (Å²) in [6, 6.07) is 13.9. The lowest BCUT2D eigenvalue weighted by Gasteiger charge is -2.26. The van der Waals surface area contributed by atoms with Gasteiger partial charge in [-0.15, -0.1) is 0 Å². The molecule has 27 heavy (non-hydrogen) atoms. The van der Waals surface area contributed by atoms with Crippen LogP contribution in [0.15, 0.2) is 42.5 Å². The van der Waals surface area contributed by atoms with Gasteiger partial charge in [0.2, 0.25) is 0 Å². The molecular formula is C21H23ClN4O. The number of hydrogen-bond donors (Lipinski definition) is 1. The van der Waals surface area contributed by atoms with Crippen molar-refractivity contribution in [1.29, 1.82) is 0 Å². The normalized spacial score (nSPS) is 16.9. The molecule has 1 aromatic heterocycles. The number of anilines is 1. The number of amides is 2. The van der Waals surface area contributed by atoms with Gasteiger partial charge in [-0.2, -0.15) is 0 Å². The highest BCUT2D eigenvalue weighted by Gasteiger charge is 2.30. The Morgan fingerprint density at radius 1 is 1.26 bits per heavy atom. The van der Waals surface area contributed by atoms with Gasteiger partial charge in [0.05, 0.1) is 27.8 Å². The van der Waals surface area contributed by atoms with E-state index in [0.717, 1.165) is 48.4 Å². The number of nitrogens with one attached hydrogen (secondary N) is 1. The SMILES string of the molecule is Cc1ccc(NC(=O)N2CCC[C@@H]2Cn2c(C)nc3ccccc32)c(Cl)c1. The van der Waals surface area contributed by atoms with Crippen LogP contribution in [-0.2, 0) is 6.54 Å². The standard InChI is InChI=1S/C21H23ClN4O/c1-14-9-10-18(17(22)12-14)24-21(27)25-11-5-6-16(25)13-26-15(2)23-19-7-3-4-8-20(19)26/h3-4,7-10,12,16H,5-6,11,13H2,1-2H3,(H,24,27)/t16-/m1/s1. The summed E-state index contributed by atoms with van der Waals surface area (Å²) in [5.74, 6) is 0.977. The van der Waals surface area contributed by atoms with Crippen molar-refractivity contribution in [3.8, 4) is 0 Å². The second-order valence-electron chi connectivity index (χ2n) is 7.16. The van der Waals surface area contributed by atoms with Gasteiger partial charge >= 0.3 is 6.03 Å². The highest BCUT2D eigenvalue weighted by atomic mass is 35.5. The maximum absolute atomic E-state index is 12.9. The van der Waals surface area contributed by atoms with Gasteiger partial charge in [-0.3, -0.25) is 0 Å². The lowest BCUT2D eigenvalue weighted by Crippen LogP contribution is -2.41. The van der Waals surface area contributed by atoms with Crippen LogP contribution in [0.25, 0.3) is 11.0 Å². The Kier molecular flexibility index (Phi) is 4.79. The predicted octanol–water partition coefficient (Wildman–Crippen LogP) is 5.00. The van der Waals surface area contributed by atoms with Gasteiger partial charge in [0, 0.05) is 13.1 Å². The topological polar surface area (TPSA) is 50.2 Å². The van der Waals surface area contributed by atoms with Gasteiger partial charge < -0.3 is 14.8 Å². The van der Waals surface area contributed by atoms with E-state index in [4.69, 9.17) is 11.6 Å². The first-order chi connectivity index (χ1) is 13.0. The van der Waals surface area contributed by atoms with E-state index in [1.165, 1.54) is 0 Å². The molecule has 1 atom stereocenters. The minimum atomic E-state index is -0.0923. The number of benzene rings is 2. The monoisotopic (exact) mass is 382 g/mol. The van der Waals surface area contributed by atoms with E-state index in [1.807, 2.05) is 55.1 Å². The number of rotatable bonds is 3. The Morgan fingerprint density at radius 2 is 2.07 bits per heavy atom. The molecule has 0 spiro atoms. The van der Waals surface area contributed by atoms with Gasteiger partial charge in [-0.25, -0.2) is 9.78 Å². The van der Waals surface area contributed by atoms with E-state index in [0.29, 0.717) is 10.7 Å². The van der Waals surface area contributed by atoms with Crippen LogP contribution in [-0.4, -0.2) is 33.1 Å². The van der Waals surface area contributed by atoms with E-state index in [9.17, 15) is 4.79 Å². The molecule has 1 aliphatic heterocycles. The number of aromatic nitrogens is 2. The molecule has 2 amide bonds. The Labute approximate surface area is 163 Å². The molecule has 1 fully saturated rings. The lowest BCUT2D eigenvalue weighted by atomic mass is 10.2. The van der Waals surface area contributed by atoms with E-state index in [2.05, 4.69) is 20.9 Å². The number of fused-ring (bicyclic) bond motifs is 1. The van der Waals surface area contributed by atoms with Crippen molar-refractivity contribution >= 4 is 34.4 Å². The first-order valence-electron chi connectivity index (χ1n) is 9.28. The van der Waals surface area contributed by atoms with Crippen LogP contribution < -0.4 is 5.32 Å². The van der Waals surface area contributed by atoms with Gasteiger partial charge in [-0.1, -0.05) is 29.8 Å². The molecule has 1 N–H and O–H groups in total. The summed E-state index contributed by atoms with van der Waals surface area (Å²) >= 11 is 6.27. The third kappa shape index (κ3) is 3.52. The average Bonchev–Trinajstić information content (AvgIpc) is 3.23. The van der Waals surface area contributed by atoms with E-state index in [-0.39, 0.29) is 12.1 Å². The minimum Gasteiger partial charge on any atom is -0.326 e. The minimum absolute atomic E-state index is 0.0923. The molecule has 0 bridgehead atoms. The number of hydrogen-bond acceptors (Lipinski definition) is 2. The number of para-hydroxylation sites is 2. The summed E-state index contributed by atoms with van der Waals surface area (Å²) in [7, 11) is 0. The summed E-state index contributed by atoms with van der Waals surface area (Å²) in [5, 5.41) is 3.54. The zero-order valence-electron chi connectivity index (χ0n) is 15.6. The zero-order chi connectivity index (χ0) is 19.0. The quantitative estimate of drug-likeness (QED) is 0.692. The van der Waals surface area contributed by atoms with Crippen molar-refractivity contribution in [3.05, 3.63) is 58.9 Å². The van der Waals surface area contributed by atoms with Crippen molar-refractivity contribution in [2.24, 2.45) is 0 Å². The lowest BCUT2D eigenvalue weighted by molar-refractivity contribution is 0.201. The molecule has 0 aliphatic carbocycles. The predicted molar refractivity (Wildman–Crippen MR) is 109 cm³/mol. The Hall–Kier alpha value is -2.53. The zero-order valence-corrected chi connectivity index (χ0v) is 16.3. The molecular weight excluding hydrogens is 360 g/mol. The van der Waals surface area contributed by atoms with Crippen molar-refractivity contribution in [1.82, 2.24) is 14.5 Å². The summed E-state index contributed by atoms with van der Waals surface area (Å²) in [5.41, 5.74) is 3.83. The smallest absolute Gasteiger partial charge is 0.322 e. The fourth-order valence-corrected chi connectivity index (χ4v) is 4.12. The van der Waals surface area contributed by atoms with Crippen molar-refractivity contribution < 1.29 is 4.79 Å². The van der Waals surface area contributed by atoms with Gasteiger partial charge in [0.1, 0.15) is 5.82 Å². The van der Waals surface area contributed by atoms with Gasteiger partial charge in [0.15, 0.2) is 0 Å². The molecule has 3 aromatic rings. The van der Waals surface area contributed by atoms with Crippen LogP contribution in [0, 0.1) is 13.8 Å². The van der Waals surface area contributed by atoms with Gasteiger partial charge in [0.25, 0.3) is 0 Å². The molecule has 1 aliphatic rings. The fraction of sp³-hybridized carbons (Fsp3) is 0.333. The molecule has 4 rings (SSSR count). The fourth-order valence-electron chi connectivity index (χ4n) is 3.84. The summed E-state index contributed by atoms with van der Waals surface area (Å²) < 4.78 is 2.21. The van der Waals surface area contributed by atoms with E-state index in [1.54, 1.807) is 0 Å². The average molecular weight is 383 g/mol. The van der Waals surface area contributed by atoms with E-state index < -0.39 is 0 Å². The Morgan fingerprint density at radius 3 is 2.89 bits per heavy atom. The van der Waals surface area contributed by atoms with E-state index >= 15 is 0 Å². The molecule has 0 radical (unpaired) electrons. The van der Waals surface area contributed by atoms with Crippen LogP contribution in [0.2, 0.25) is 5.02 Å². The molecule has 2 heterocycles. The number of urea groups is 1. The first kappa shape index (κ1) is 17.9. The molecule has 0 unspecified atom stereocenters. The van der Waals surface area contributed by atoms with Crippen LogP contribution >= 0.6 is 11.6 Å². The largest absolute Gasteiger partial charge is 0.326 e. The second kappa shape index (κ2) is 7.24. The van der Waals surface area contributed by atoms with Crippen LogP contribution in [0.1, 0.15) is 24.2 Å². The number of halogens is 1. The van der Waals surface area contributed by atoms with Crippen LogP contribution in [0.5, 0.6) is 0 Å². The number of carbonyl (C=O) groups is 1. The molecule has 140 valence electrons. The summed E-state index contributed by atoms with van der Waals surface area (Å²) in [6.07, 6.45) is 1.99. The molecule has 2 aromatic carbocycles. The first-order valence-corrected chi connectivity index (χ1v) is 9.66. The molecule has 1 saturated heterocycles. The number of imidazole rings is 1. The van der Waals surface area contributed by atoms with Crippen molar-refractivity contribution in [3.63, 3.8) is 0 Å². The summed E-state index contributed by atoms with van der Waals surface area (Å²) in [4.78, 5) is 19.4. The number of likely N-dealkylation sites (tertiary alicyclic amines) is 1. The maximum atomic E-state index is 12.9. The number of nitrogens with zero attached hydrogens (tertiary/aromatic N) is 3. The molecule has 6 heteroatoms. The third-order valence-corrected chi connectivity index (χ3v) is 5.56.